The van der Waals surface area contributed by atoms with E-state index in [9.17, 15) is 8.76 Å². The van der Waals surface area contributed by atoms with Crippen molar-refractivity contribution in [3.05, 3.63) is 12.3 Å². The van der Waals surface area contributed by atoms with Gasteiger partial charge in [0.15, 0.2) is 0 Å². The van der Waals surface area contributed by atoms with Gasteiger partial charge in [0.05, 0.1) is 0 Å². The average Bonchev–Trinajstić information content (AvgIpc) is 1.27. The van der Waals surface area contributed by atoms with Crippen molar-refractivity contribution < 1.29 is 12.9 Å². The van der Waals surface area contributed by atoms with Crippen LogP contribution in [0.5, 0.6) is 0 Å². The van der Waals surface area contributed by atoms with Crippen LogP contribution in [0.1, 0.15) is 6.92 Å². The standard InChI is InChI=1S/C3H6O3S/c1-3(2)6-7(4)5/h1H2,2H3,(H,4,5)/p-1. The first-order valence-corrected chi connectivity index (χ1v) is 2.56. The third-order valence-electron chi connectivity index (χ3n) is 0.210. The molecule has 4 heteroatoms. The summed E-state index contributed by atoms with van der Waals surface area (Å²) in [5.74, 6) is 0.174. The summed E-state index contributed by atoms with van der Waals surface area (Å²) in [5, 5.41) is 0. The highest BCUT2D eigenvalue weighted by Crippen LogP contribution is 1.89. The molecule has 0 fully saturated rings. The molecule has 0 bridgehead atoms. The van der Waals surface area contributed by atoms with Crippen molar-refractivity contribution in [1.29, 1.82) is 0 Å². The second-order valence-electron chi connectivity index (χ2n) is 0.989. The molecule has 0 aliphatic carbocycles. The van der Waals surface area contributed by atoms with E-state index >= 15 is 0 Å². The first-order valence-electron chi connectivity index (χ1n) is 1.56. The zero-order valence-corrected chi connectivity index (χ0v) is 4.66. The smallest absolute Gasteiger partial charge is 0.138 e. The van der Waals surface area contributed by atoms with Crippen LogP contribution in [-0.4, -0.2) is 8.76 Å². The van der Waals surface area contributed by atoms with E-state index in [0.717, 1.165) is 0 Å². The molecule has 0 rings (SSSR count). The minimum atomic E-state index is -2.45. The Bertz CT molecular complexity index is 86.4. The molecule has 0 N–H and O–H groups in total. The lowest BCUT2D eigenvalue weighted by molar-refractivity contribution is 0.379. The molecular weight excluding hydrogens is 116 g/mol. The van der Waals surface area contributed by atoms with E-state index in [4.69, 9.17) is 0 Å². The summed E-state index contributed by atoms with van der Waals surface area (Å²) in [6.07, 6.45) is 0. The van der Waals surface area contributed by atoms with Crippen molar-refractivity contribution in [1.82, 2.24) is 0 Å². The molecule has 1 atom stereocenters. The van der Waals surface area contributed by atoms with Gasteiger partial charge in [-0.15, -0.1) is 0 Å². The molecule has 0 aromatic rings. The molecule has 0 aromatic heterocycles. The molecule has 0 aromatic carbocycles. The van der Waals surface area contributed by atoms with Crippen LogP contribution >= 0.6 is 0 Å². The van der Waals surface area contributed by atoms with Gasteiger partial charge in [-0.25, -0.2) is 4.21 Å². The van der Waals surface area contributed by atoms with Crippen molar-refractivity contribution in [3.63, 3.8) is 0 Å². The Morgan fingerprint density at radius 2 is 2.43 bits per heavy atom. The highest BCUT2D eigenvalue weighted by molar-refractivity contribution is 7.74. The summed E-state index contributed by atoms with van der Waals surface area (Å²) in [5.41, 5.74) is 0. The maximum absolute atomic E-state index is 9.53. The highest BCUT2D eigenvalue weighted by atomic mass is 32.2. The molecule has 1 unspecified atom stereocenters. The van der Waals surface area contributed by atoms with E-state index < -0.39 is 11.4 Å². The molecule has 0 saturated carbocycles. The molecule has 0 aliphatic rings. The predicted octanol–water partition coefficient (Wildman–Crippen LogP) is 0.331. The lowest BCUT2D eigenvalue weighted by Gasteiger charge is -2.03. The van der Waals surface area contributed by atoms with Crippen LogP contribution in [-0.2, 0) is 15.5 Å². The number of hydrogen-bond acceptors (Lipinski definition) is 3. The molecule has 0 spiro atoms. The minimum Gasteiger partial charge on any atom is -0.740 e. The molecule has 3 nitrogen and oxygen atoms in total. The van der Waals surface area contributed by atoms with Gasteiger partial charge in [-0.2, -0.15) is 0 Å². The Kier molecular flexibility index (Phi) is 2.62. The van der Waals surface area contributed by atoms with Gasteiger partial charge < -0.3 is 8.74 Å². The zero-order valence-electron chi connectivity index (χ0n) is 3.84. The summed E-state index contributed by atoms with van der Waals surface area (Å²) in [6.45, 7) is 4.63. The van der Waals surface area contributed by atoms with E-state index in [0.29, 0.717) is 0 Å². The normalized spacial score (nSPS) is 12.9. The third-order valence-corrected chi connectivity index (χ3v) is 0.631. The predicted molar refractivity (Wildman–Crippen MR) is 24.8 cm³/mol. The van der Waals surface area contributed by atoms with Crippen molar-refractivity contribution in [3.8, 4) is 0 Å². The quantitative estimate of drug-likeness (QED) is 0.390. The largest absolute Gasteiger partial charge is 0.740 e. The van der Waals surface area contributed by atoms with Crippen LogP contribution in [0, 0.1) is 0 Å². The summed E-state index contributed by atoms with van der Waals surface area (Å²) >= 11 is -2.45. The van der Waals surface area contributed by atoms with E-state index in [1.54, 1.807) is 0 Å². The molecule has 42 valence electrons. The topological polar surface area (TPSA) is 49.4 Å². The second kappa shape index (κ2) is 2.76. The fourth-order valence-corrected chi connectivity index (χ4v) is 0.348. The van der Waals surface area contributed by atoms with Crippen LogP contribution in [0.2, 0.25) is 0 Å². The van der Waals surface area contributed by atoms with Gasteiger partial charge in [0.25, 0.3) is 0 Å². The zero-order chi connectivity index (χ0) is 5.86. The maximum Gasteiger partial charge on any atom is 0.138 e. The lowest BCUT2D eigenvalue weighted by atomic mass is 10.7. The maximum atomic E-state index is 9.53. The van der Waals surface area contributed by atoms with Crippen molar-refractivity contribution in [2.45, 2.75) is 6.92 Å². The summed E-state index contributed by atoms with van der Waals surface area (Å²) in [6, 6.07) is 0. The van der Waals surface area contributed by atoms with Gasteiger partial charge >= 0.3 is 0 Å². The Balaban J connectivity index is 3.32. The van der Waals surface area contributed by atoms with E-state index in [-0.39, 0.29) is 5.76 Å². The molecule has 7 heavy (non-hydrogen) atoms. The van der Waals surface area contributed by atoms with Crippen molar-refractivity contribution >= 4 is 11.4 Å². The number of hydrogen-bond donors (Lipinski definition) is 0. The number of rotatable bonds is 2. The van der Waals surface area contributed by atoms with Crippen LogP contribution in [0.4, 0.5) is 0 Å². The summed E-state index contributed by atoms with van der Waals surface area (Å²) < 4.78 is 23.0. The fourth-order valence-electron chi connectivity index (χ4n) is 0.116. The Labute approximate surface area is 44.5 Å². The van der Waals surface area contributed by atoms with E-state index in [1.165, 1.54) is 6.92 Å². The van der Waals surface area contributed by atoms with Crippen LogP contribution in [0.25, 0.3) is 0 Å². The van der Waals surface area contributed by atoms with Crippen LogP contribution in [0.15, 0.2) is 12.3 Å². The molecule has 0 heterocycles. The Morgan fingerprint density at radius 1 is 2.00 bits per heavy atom. The van der Waals surface area contributed by atoms with Gasteiger partial charge in [-0.05, 0) is 6.92 Å². The third kappa shape index (κ3) is 5.65. The highest BCUT2D eigenvalue weighted by Gasteiger charge is 1.78. The monoisotopic (exact) mass is 121 g/mol. The van der Waals surface area contributed by atoms with Gasteiger partial charge in [-0.3, -0.25) is 0 Å². The molecule has 0 radical (unpaired) electrons. The lowest BCUT2D eigenvalue weighted by Crippen LogP contribution is -1.90. The Morgan fingerprint density at radius 3 is 2.43 bits per heavy atom. The SMILES string of the molecule is C=C(C)OS(=O)[O-]. The van der Waals surface area contributed by atoms with Crippen molar-refractivity contribution in [2.24, 2.45) is 0 Å². The average molecular weight is 121 g/mol. The van der Waals surface area contributed by atoms with E-state index in [1.807, 2.05) is 0 Å². The van der Waals surface area contributed by atoms with Crippen molar-refractivity contribution in [2.75, 3.05) is 0 Å². The van der Waals surface area contributed by atoms with Gasteiger partial charge in [0.1, 0.15) is 17.1 Å². The van der Waals surface area contributed by atoms with Gasteiger partial charge in [0.2, 0.25) is 0 Å². The first-order chi connectivity index (χ1) is 3.13. The Hall–Kier alpha value is -0.350. The molecule has 0 aliphatic heterocycles. The fraction of sp³-hybridized carbons (Fsp3) is 0.333. The summed E-state index contributed by atoms with van der Waals surface area (Å²) in [7, 11) is 0. The van der Waals surface area contributed by atoms with Crippen LogP contribution in [0.3, 0.4) is 0 Å². The molecular formula is C3H5O3S-. The van der Waals surface area contributed by atoms with E-state index in [2.05, 4.69) is 10.8 Å². The minimum absolute atomic E-state index is 0.174. The van der Waals surface area contributed by atoms with Gasteiger partial charge in [0, 0.05) is 0 Å². The van der Waals surface area contributed by atoms with Gasteiger partial charge in [-0.1, -0.05) is 6.58 Å². The van der Waals surface area contributed by atoms with Crippen LogP contribution < -0.4 is 0 Å². The summed E-state index contributed by atoms with van der Waals surface area (Å²) in [4.78, 5) is 0. The number of allylic oxidation sites excluding steroid dienone is 1. The second-order valence-corrected chi connectivity index (χ2v) is 1.56. The molecule has 0 amide bonds. The molecule has 0 saturated heterocycles. The first kappa shape index (κ1) is 6.65.